The molecular weight excluding hydrogens is 190 g/mol. The van der Waals surface area contributed by atoms with E-state index in [0.29, 0.717) is 0 Å². The van der Waals surface area contributed by atoms with E-state index in [4.69, 9.17) is 10.8 Å². The molecule has 1 aliphatic carbocycles. The van der Waals surface area contributed by atoms with Crippen LogP contribution in [0.5, 0.6) is 0 Å². The molecule has 3 N–H and O–H groups in total. The van der Waals surface area contributed by atoms with Crippen LogP contribution in [0.3, 0.4) is 0 Å². The summed E-state index contributed by atoms with van der Waals surface area (Å²) >= 11 is 0. The molecule has 1 aliphatic rings. The van der Waals surface area contributed by atoms with Gasteiger partial charge in [0.15, 0.2) is 0 Å². The number of aliphatic carboxylic acids is 1. The van der Waals surface area contributed by atoms with Gasteiger partial charge >= 0.3 is 5.97 Å². The molecule has 78 valence electrons. The molecule has 1 saturated carbocycles. The van der Waals surface area contributed by atoms with Gasteiger partial charge in [0.05, 0.1) is 0 Å². The third-order valence-corrected chi connectivity index (χ3v) is 2.91. The molecule has 1 atom stereocenters. The first-order valence-corrected chi connectivity index (χ1v) is 4.57. The second kappa shape index (κ2) is 4.82. The predicted molar refractivity (Wildman–Crippen MR) is 54.1 cm³/mol. The van der Waals surface area contributed by atoms with Crippen molar-refractivity contribution >= 4 is 18.4 Å². The van der Waals surface area contributed by atoms with Gasteiger partial charge in [0.25, 0.3) is 0 Å². The molecule has 0 heterocycles. The van der Waals surface area contributed by atoms with E-state index >= 15 is 0 Å². The second-order valence-corrected chi connectivity index (χ2v) is 3.92. The van der Waals surface area contributed by atoms with E-state index in [1.165, 1.54) is 6.42 Å². The lowest BCUT2D eigenvalue weighted by Gasteiger charge is -2.32. The summed E-state index contributed by atoms with van der Waals surface area (Å²) in [5, 5.41) is 8.87. The summed E-state index contributed by atoms with van der Waals surface area (Å²) < 4.78 is 0. The lowest BCUT2D eigenvalue weighted by atomic mass is 9.76. The van der Waals surface area contributed by atoms with Crippen LogP contribution in [0.25, 0.3) is 0 Å². The minimum absolute atomic E-state index is 0. The van der Waals surface area contributed by atoms with Crippen LogP contribution in [0.15, 0.2) is 0 Å². The largest absolute Gasteiger partial charge is 0.480 e. The van der Waals surface area contributed by atoms with Crippen LogP contribution < -0.4 is 5.73 Å². The van der Waals surface area contributed by atoms with Gasteiger partial charge in [-0.1, -0.05) is 19.3 Å². The maximum Gasteiger partial charge on any atom is 0.323 e. The number of carboxylic acids is 1. The standard InChI is InChI=1S/C9H17NO2.ClH/c1-9(10,8(11)12)7-5-3-2-4-6-7;/h7H,2-6,10H2,1H3,(H,11,12);1H. The molecule has 0 saturated heterocycles. The van der Waals surface area contributed by atoms with Crippen molar-refractivity contribution in [2.24, 2.45) is 11.7 Å². The van der Waals surface area contributed by atoms with Crippen LogP contribution in [0.1, 0.15) is 39.0 Å². The maximum atomic E-state index is 10.8. The van der Waals surface area contributed by atoms with Crippen LogP contribution in [0.4, 0.5) is 0 Å². The molecule has 0 aliphatic heterocycles. The van der Waals surface area contributed by atoms with Gasteiger partial charge < -0.3 is 10.8 Å². The van der Waals surface area contributed by atoms with Crippen LogP contribution in [-0.2, 0) is 4.79 Å². The average Bonchev–Trinajstić information content (AvgIpc) is 2.06. The Morgan fingerprint density at radius 1 is 1.38 bits per heavy atom. The Bertz CT molecular complexity index is 176. The van der Waals surface area contributed by atoms with Crippen molar-refractivity contribution < 1.29 is 9.90 Å². The third kappa shape index (κ3) is 2.85. The predicted octanol–water partition coefficient (Wildman–Crippen LogP) is 1.79. The van der Waals surface area contributed by atoms with Crippen molar-refractivity contribution in [1.82, 2.24) is 0 Å². The lowest BCUT2D eigenvalue weighted by Crippen LogP contribution is -2.51. The molecule has 1 rings (SSSR count). The lowest BCUT2D eigenvalue weighted by molar-refractivity contribution is -0.145. The summed E-state index contributed by atoms with van der Waals surface area (Å²) in [7, 11) is 0. The minimum atomic E-state index is -1.01. The Kier molecular flexibility index (Phi) is 4.71. The molecule has 0 bridgehead atoms. The fraction of sp³-hybridized carbons (Fsp3) is 0.889. The molecule has 0 aromatic heterocycles. The summed E-state index contributed by atoms with van der Waals surface area (Å²) in [6, 6.07) is 0. The Morgan fingerprint density at radius 2 is 1.85 bits per heavy atom. The van der Waals surface area contributed by atoms with E-state index in [-0.39, 0.29) is 18.3 Å². The van der Waals surface area contributed by atoms with Gasteiger partial charge in [-0.05, 0) is 25.7 Å². The highest BCUT2D eigenvalue weighted by Gasteiger charge is 2.37. The van der Waals surface area contributed by atoms with Crippen LogP contribution in [0, 0.1) is 5.92 Å². The summed E-state index contributed by atoms with van der Waals surface area (Å²) in [5.74, 6) is -0.696. The van der Waals surface area contributed by atoms with Crippen LogP contribution in [0.2, 0.25) is 0 Å². The van der Waals surface area contributed by atoms with Gasteiger partial charge in [-0.15, -0.1) is 12.4 Å². The maximum absolute atomic E-state index is 10.8. The molecule has 13 heavy (non-hydrogen) atoms. The van der Waals surface area contributed by atoms with E-state index in [2.05, 4.69) is 0 Å². The normalized spacial score (nSPS) is 22.9. The zero-order chi connectivity index (χ0) is 9.19. The highest BCUT2D eigenvalue weighted by Crippen LogP contribution is 2.31. The van der Waals surface area contributed by atoms with Gasteiger partial charge in [-0.25, -0.2) is 0 Å². The SMILES string of the molecule is CC(N)(C(=O)O)C1CCCCC1.Cl. The zero-order valence-corrected chi connectivity index (χ0v) is 8.77. The first-order valence-electron chi connectivity index (χ1n) is 4.57. The summed E-state index contributed by atoms with van der Waals surface area (Å²) in [4.78, 5) is 10.8. The first-order chi connectivity index (χ1) is 5.55. The molecule has 4 heteroatoms. The molecule has 0 aromatic rings. The number of carbonyl (C=O) groups is 1. The number of carboxylic acid groups (broad SMARTS) is 1. The van der Waals surface area contributed by atoms with E-state index in [1.54, 1.807) is 6.92 Å². The first kappa shape index (κ1) is 12.7. The summed E-state index contributed by atoms with van der Waals surface area (Å²) in [6.45, 7) is 1.63. The number of rotatable bonds is 2. The van der Waals surface area contributed by atoms with E-state index in [0.717, 1.165) is 25.7 Å². The second-order valence-electron chi connectivity index (χ2n) is 3.92. The Labute approximate surface area is 85.1 Å². The molecule has 0 aromatic carbocycles. The highest BCUT2D eigenvalue weighted by atomic mass is 35.5. The van der Waals surface area contributed by atoms with Crippen LogP contribution in [-0.4, -0.2) is 16.6 Å². The van der Waals surface area contributed by atoms with Gasteiger partial charge in [0.1, 0.15) is 5.54 Å². The monoisotopic (exact) mass is 207 g/mol. The highest BCUT2D eigenvalue weighted by molar-refractivity contribution is 5.85. The molecular formula is C9H18ClNO2. The molecule has 3 nitrogen and oxygen atoms in total. The van der Waals surface area contributed by atoms with Gasteiger partial charge in [0.2, 0.25) is 0 Å². The summed E-state index contributed by atoms with van der Waals surface area (Å²) in [6.07, 6.45) is 5.43. The quantitative estimate of drug-likeness (QED) is 0.726. The fourth-order valence-corrected chi connectivity index (χ4v) is 1.88. The number of nitrogens with two attached hydrogens (primary N) is 1. The Hall–Kier alpha value is -0.280. The van der Waals surface area contributed by atoms with E-state index < -0.39 is 11.5 Å². The minimum Gasteiger partial charge on any atom is -0.480 e. The van der Waals surface area contributed by atoms with Crippen molar-refractivity contribution in [3.8, 4) is 0 Å². The zero-order valence-electron chi connectivity index (χ0n) is 7.95. The number of halogens is 1. The smallest absolute Gasteiger partial charge is 0.323 e. The van der Waals surface area contributed by atoms with Crippen molar-refractivity contribution in [3.63, 3.8) is 0 Å². The van der Waals surface area contributed by atoms with E-state index in [1.807, 2.05) is 0 Å². The Morgan fingerprint density at radius 3 is 2.23 bits per heavy atom. The van der Waals surface area contributed by atoms with Crippen molar-refractivity contribution in [2.75, 3.05) is 0 Å². The molecule has 0 radical (unpaired) electrons. The van der Waals surface area contributed by atoms with Crippen molar-refractivity contribution in [3.05, 3.63) is 0 Å². The third-order valence-electron chi connectivity index (χ3n) is 2.91. The number of hydrogen-bond donors (Lipinski definition) is 2. The molecule has 0 spiro atoms. The van der Waals surface area contributed by atoms with Crippen LogP contribution >= 0.6 is 12.4 Å². The molecule has 0 amide bonds. The van der Waals surface area contributed by atoms with Gasteiger partial charge in [-0.3, -0.25) is 4.79 Å². The van der Waals surface area contributed by atoms with Gasteiger partial charge in [0, 0.05) is 0 Å². The average molecular weight is 208 g/mol. The molecule has 1 unspecified atom stereocenters. The molecule has 1 fully saturated rings. The Balaban J connectivity index is 0.00000144. The van der Waals surface area contributed by atoms with Gasteiger partial charge in [-0.2, -0.15) is 0 Å². The van der Waals surface area contributed by atoms with Crippen molar-refractivity contribution in [2.45, 2.75) is 44.6 Å². The van der Waals surface area contributed by atoms with Crippen molar-refractivity contribution in [1.29, 1.82) is 0 Å². The van der Waals surface area contributed by atoms with E-state index in [9.17, 15) is 4.79 Å². The number of hydrogen-bond acceptors (Lipinski definition) is 2. The fourth-order valence-electron chi connectivity index (χ4n) is 1.88. The topological polar surface area (TPSA) is 63.3 Å². The summed E-state index contributed by atoms with van der Waals surface area (Å²) in [5.41, 5.74) is 4.72.